The van der Waals surface area contributed by atoms with Crippen LogP contribution < -0.4 is 0 Å². The van der Waals surface area contributed by atoms with Crippen molar-refractivity contribution in [2.45, 2.75) is 0 Å². The number of hydrogen-bond acceptors (Lipinski definition) is 1. The van der Waals surface area contributed by atoms with Gasteiger partial charge in [-0.25, -0.2) is 6.08 Å². The van der Waals surface area contributed by atoms with Gasteiger partial charge in [-0.3, -0.25) is 6.58 Å². The third-order valence-corrected chi connectivity index (χ3v) is 0.0786. The molecule has 0 aliphatic heterocycles. The van der Waals surface area contributed by atoms with Crippen molar-refractivity contribution in [2.75, 3.05) is 0 Å². The number of aldehydes is 1. The van der Waals surface area contributed by atoms with Crippen LogP contribution in [0.25, 0.3) is 0 Å². The Morgan fingerprint density at radius 1 is 1.60 bits per heavy atom. The first-order valence-electron chi connectivity index (χ1n) is 0.902. The van der Waals surface area contributed by atoms with E-state index >= 15 is 0 Å². The van der Waals surface area contributed by atoms with Crippen molar-refractivity contribution < 1.29 is 24.6 Å². The molecule has 0 aliphatic carbocycles. The zero-order chi connectivity index (χ0) is 3.41. The Balaban J connectivity index is 0. The van der Waals surface area contributed by atoms with Gasteiger partial charge in [0, 0.05) is 0 Å². The van der Waals surface area contributed by atoms with Gasteiger partial charge in [0.2, 0.25) is 0 Å². The molecule has 0 unspecified atom stereocenters. The Kier molecular flexibility index (Phi) is 16.0. The topological polar surface area (TPSA) is 17.1 Å². The van der Waals surface area contributed by atoms with Gasteiger partial charge in [0.05, 0.1) is 0 Å². The Labute approximate surface area is 44.1 Å². The second-order valence-electron chi connectivity index (χ2n) is 0.329. The second-order valence-corrected chi connectivity index (χ2v) is 0.329. The smallest absolute Gasteiger partial charge is 0.410 e. The largest absolute Gasteiger partial charge is 1.00 e. The molecule has 5 heavy (non-hydrogen) atoms. The zero-order valence-electron chi connectivity index (χ0n) is 2.49. The average Bonchev–Trinajstić information content (AvgIpc) is 1.37. The molecule has 0 atom stereocenters. The van der Waals surface area contributed by atoms with Crippen molar-refractivity contribution in [3.05, 3.63) is 12.7 Å². The van der Waals surface area contributed by atoms with Gasteiger partial charge in [0.15, 0.2) is 0 Å². The molecule has 0 aromatic carbocycles. The van der Waals surface area contributed by atoms with E-state index in [1.54, 1.807) is 0 Å². The first-order valence-corrected chi connectivity index (χ1v) is 0.902. The van der Waals surface area contributed by atoms with Crippen molar-refractivity contribution >= 4 is 6.29 Å². The molecule has 0 rings (SSSR count). The van der Waals surface area contributed by atoms with E-state index in [-0.39, 0.29) is 19.8 Å². The molecule has 0 bridgehead atoms. The summed E-state index contributed by atoms with van der Waals surface area (Å²) in [6, 6.07) is 0. The van der Waals surface area contributed by atoms with Crippen LogP contribution in [0.3, 0.4) is 0 Å². The summed E-state index contributed by atoms with van der Waals surface area (Å²) in [6.45, 7) is 4.53. The summed E-state index contributed by atoms with van der Waals surface area (Å²) in [5.74, 6) is 0. The maximum Gasteiger partial charge on any atom is 1.00 e. The van der Waals surface area contributed by atoms with Crippen LogP contribution in [0.4, 0.5) is 0 Å². The van der Waals surface area contributed by atoms with E-state index in [1.807, 2.05) is 0 Å². The van der Waals surface area contributed by atoms with E-state index in [0.717, 1.165) is 6.08 Å². The number of carbonyl (C=O) groups is 1. The summed E-state index contributed by atoms with van der Waals surface area (Å²) < 4.78 is 0. The number of allylic oxidation sites excluding steroid dienone is 1. The van der Waals surface area contributed by atoms with Crippen LogP contribution in [0.2, 0.25) is 0 Å². The van der Waals surface area contributed by atoms with Gasteiger partial charge in [-0.1, -0.05) is 0 Å². The third-order valence-electron chi connectivity index (χ3n) is 0.0786. The van der Waals surface area contributed by atoms with Crippen LogP contribution in [-0.4, -0.2) is 6.29 Å². The van der Waals surface area contributed by atoms with E-state index in [2.05, 4.69) is 6.58 Å². The van der Waals surface area contributed by atoms with Crippen LogP contribution >= 0.6 is 0 Å². The summed E-state index contributed by atoms with van der Waals surface area (Å²) in [4.78, 5) is 8.99. The Morgan fingerprint density at radius 3 is 1.80 bits per heavy atom. The fraction of sp³-hybridized carbons (Fsp3) is 0. The fourth-order valence-corrected chi connectivity index (χ4v) is 0. The minimum absolute atomic E-state index is 0. The summed E-state index contributed by atoms with van der Waals surface area (Å²) in [6.07, 6.45) is 1.47. The standard InChI is InChI=1S/C3H3O.Os/c1-2-3-4;/h1-3H;/q-1;+1. The van der Waals surface area contributed by atoms with Crippen molar-refractivity contribution in [3.8, 4) is 0 Å². The Morgan fingerprint density at radius 2 is 1.80 bits per heavy atom. The van der Waals surface area contributed by atoms with Gasteiger partial charge in [0.25, 0.3) is 0 Å². The van der Waals surface area contributed by atoms with Gasteiger partial charge in [-0.2, -0.15) is 0 Å². The number of rotatable bonds is 1. The summed E-state index contributed by atoms with van der Waals surface area (Å²) >= 11 is 0. The van der Waals surface area contributed by atoms with Crippen molar-refractivity contribution in [1.82, 2.24) is 0 Å². The number of carbonyl (C=O) groups excluding carboxylic acids is 1. The summed E-state index contributed by atoms with van der Waals surface area (Å²) in [5, 5.41) is 0. The summed E-state index contributed by atoms with van der Waals surface area (Å²) in [5.41, 5.74) is 0. The van der Waals surface area contributed by atoms with Crippen LogP contribution in [-0.2, 0) is 24.6 Å². The maximum absolute atomic E-state index is 8.99. The average molecular weight is 245 g/mol. The molecule has 0 aromatic heterocycles. The van der Waals surface area contributed by atoms with Crippen LogP contribution in [0.15, 0.2) is 6.08 Å². The van der Waals surface area contributed by atoms with Gasteiger partial charge in [0.1, 0.15) is 0 Å². The molecule has 0 saturated carbocycles. The molecule has 0 spiro atoms. The van der Waals surface area contributed by atoms with Crippen LogP contribution in [0.1, 0.15) is 0 Å². The van der Waals surface area contributed by atoms with Gasteiger partial charge in [-0.15, -0.1) is 0 Å². The molecule has 0 N–H and O–H groups in total. The fourth-order valence-electron chi connectivity index (χ4n) is 0. The molecule has 0 amide bonds. The summed E-state index contributed by atoms with van der Waals surface area (Å²) in [7, 11) is 0. The predicted molar refractivity (Wildman–Crippen MR) is 14.9 cm³/mol. The van der Waals surface area contributed by atoms with E-state index in [9.17, 15) is 0 Å². The molecule has 0 saturated heterocycles. The molecule has 0 aliphatic rings. The second kappa shape index (κ2) is 8.97. The molecular formula is C3H3OOs. The minimum atomic E-state index is 0. The van der Waals surface area contributed by atoms with Gasteiger partial charge >= 0.3 is 19.8 Å². The predicted octanol–water partition coefficient (Wildman–Crippen LogP) is 0.172. The minimum Gasteiger partial charge on any atom is -0.410 e. The third kappa shape index (κ3) is 15.5. The van der Waals surface area contributed by atoms with Crippen LogP contribution in [0.5, 0.6) is 0 Å². The molecule has 0 fully saturated rings. The quantitative estimate of drug-likeness (QED) is 0.366. The number of hydrogen-bond donors (Lipinski definition) is 0. The SMILES string of the molecule is [CH-]=CC=O.[Os+]. The van der Waals surface area contributed by atoms with Gasteiger partial charge in [-0.05, 0) is 6.29 Å². The zero-order valence-corrected chi connectivity index (χ0v) is 5.03. The van der Waals surface area contributed by atoms with Crippen LogP contribution in [0, 0.1) is 6.58 Å². The molecular weight excluding hydrogens is 242 g/mol. The molecule has 0 heterocycles. The molecule has 0 aromatic rings. The van der Waals surface area contributed by atoms with E-state index in [1.165, 1.54) is 0 Å². The molecule has 29 valence electrons. The van der Waals surface area contributed by atoms with Crippen molar-refractivity contribution in [3.63, 3.8) is 0 Å². The Bertz CT molecular complexity index is 27.9. The molecule has 2 heteroatoms. The van der Waals surface area contributed by atoms with E-state index in [4.69, 9.17) is 4.79 Å². The first kappa shape index (κ1) is 8.90. The van der Waals surface area contributed by atoms with E-state index < -0.39 is 0 Å². The maximum atomic E-state index is 8.99. The normalized spacial score (nSPS) is 4.00. The molecule has 1 nitrogen and oxygen atoms in total. The van der Waals surface area contributed by atoms with E-state index in [0.29, 0.717) is 6.29 Å². The monoisotopic (exact) mass is 247 g/mol. The Hall–Kier alpha value is 0.0464. The first-order chi connectivity index (χ1) is 1.91. The van der Waals surface area contributed by atoms with Crippen molar-refractivity contribution in [2.24, 2.45) is 0 Å². The molecule has 1 radical (unpaired) electrons. The van der Waals surface area contributed by atoms with Gasteiger partial charge < -0.3 is 4.79 Å². The van der Waals surface area contributed by atoms with Crippen molar-refractivity contribution in [1.29, 1.82) is 0 Å².